The standard InChI is InChI=1S/C29H26ClF2N3O4S/c30-23-8-11-25(12-9-23)40(37,38)35(27-19-24(31)10-13-26(27)32)17-14-21-5-1-2-7-28(21)39-18-4-16-34-29(36)22-6-3-15-33-20-22/h1-3,5-13,15,19-20H,4,14,16-18H2,(H,34,36). The van der Waals surface area contributed by atoms with Crippen molar-refractivity contribution >= 4 is 33.2 Å². The Morgan fingerprint density at radius 3 is 2.52 bits per heavy atom. The molecule has 0 aliphatic heterocycles. The van der Waals surface area contributed by atoms with E-state index in [-0.39, 0.29) is 30.4 Å². The highest BCUT2D eigenvalue weighted by atomic mass is 35.5. The molecule has 1 amide bonds. The topological polar surface area (TPSA) is 88.6 Å². The number of sulfonamides is 1. The molecular formula is C29H26ClF2N3O4S. The van der Waals surface area contributed by atoms with E-state index < -0.39 is 27.3 Å². The van der Waals surface area contributed by atoms with Crippen molar-refractivity contribution in [2.75, 3.05) is 24.0 Å². The van der Waals surface area contributed by atoms with Gasteiger partial charge < -0.3 is 10.1 Å². The first-order chi connectivity index (χ1) is 19.3. The minimum absolute atomic E-state index is 0.113. The number of pyridine rings is 1. The third kappa shape index (κ3) is 7.34. The summed E-state index contributed by atoms with van der Waals surface area (Å²) >= 11 is 5.91. The van der Waals surface area contributed by atoms with Crippen molar-refractivity contribution in [3.05, 3.63) is 119 Å². The number of para-hydroxylation sites is 1. The second-order valence-corrected chi connectivity index (χ2v) is 11.0. The highest BCUT2D eigenvalue weighted by molar-refractivity contribution is 7.92. The lowest BCUT2D eigenvalue weighted by Crippen LogP contribution is -2.34. The van der Waals surface area contributed by atoms with Gasteiger partial charge in [0.2, 0.25) is 0 Å². The van der Waals surface area contributed by atoms with E-state index in [0.717, 1.165) is 22.5 Å². The van der Waals surface area contributed by atoms with Gasteiger partial charge in [-0.15, -0.1) is 0 Å². The molecule has 0 unspecified atom stereocenters. The smallest absolute Gasteiger partial charge is 0.264 e. The van der Waals surface area contributed by atoms with Crippen molar-refractivity contribution in [2.24, 2.45) is 0 Å². The van der Waals surface area contributed by atoms with Gasteiger partial charge in [-0.05, 0) is 73.0 Å². The number of aromatic nitrogens is 1. The number of halogens is 3. The molecule has 0 spiro atoms. The Kier molecular flexibility index (Phi) is 9.68. The Morgan fingerprint density at radius 1 is 1.00 bits per heavy atom. The minimum Gasteiger partial charge on any atom is -0.493 e. The van der Waals surface area contributed by atoms with Crippen LogP contribution < -0.4 is 14.4 Å². The SMILES string of the molecule is O=C(NCCCOc1ccccc1CCN(c1cc(F)ccc1F)S(=O)(=O)c1ccc(Cl)cc1)c1cccnc1. The number of ether oxygens (including phenoxy) is 1. The maximum atomic E-state index is 14.8. The Bertz CT molecular complexity index is 1560. The van der Waals surface area contributed by atoms with Crippen molar-refractivity contribution in [2.45, 2.75) is 17.7 Å². The van der Waals surface area contributed by atoms with E-state index in [2.05, 4.69) is 10.3 Å². The zero-order chi connectivity index (χ0) is 28.5. The molecule has 0 fully saturated rings. The molecule has 1 N–H and O–H groups in total. The average Bonchev–Trinajstić information content (AvgIpc) is 2.96. The average molecular weight is 586 g/mol. The molecule has 4 rings (SSSR count). The molecule has 208 valence electrons. The Labute approximate surface area is 236 Å². The molecule has 7 nitrogen and oxygen atoms in total. The highest BCUT2D eigenvalue weighted by Gasteiger charge is 2.28. The molecule has 0 radical (unpaired) electrons. The maximum absolute atomic E-state index is 14.8. The molecule has 40 heavy (non-hydrogen) atoms. The number of anilines is 1. The maximum Gasteiger partial charge on any atom is 0.264 e. The number of nitrogens with one attached hydrogen (secondary N) is 1. The fraction of sp³-hybridized carbons (Fsp3) is 0.172. The molecule has 0 saturated carbocycles. The normalized spacial score (nSPS) is 11.2. The van der Waals surface area contributed by atoms with Gasteiger partial charge in [-0.3, -0.25) is 14.1 Å². The zero-order valence-electron chi connectivity index (χ0n) is 21.3. The highest BCUT2D eigenvalue weighted by Crippen LogP contribution is 2.29. The molecule has 0 bridgehead atoms. The second kappa shape index (κ2) is 13.4. The molecule has 1 aromatic heterocycles. The number of hydrogen-bond acceptors (Lipinski definition) is 5. The summed E-state index contributed by atoms with van der Waals surface area (Å²) in [5.74, 6) is -1.37. The van der Waals surface area contributed by atoms with Crippen LogP contribution in [0.15, 0.2) is 96.2 Å². The van der Waals surface area contributed by atoms with Crippen LogP contribution >= 0.6 is 11.6 Å². The summed E-state index contributed by atoms with van der Waals surface area (Å²) in [5.41, 5.74) is 0.731. The molecule has 0 atom stereocenters. The van der Waals surface area contributed by atoms with Gasteiger partial charge in [-0.1, -0.05) is 29.8 Å². The summed E-state index contributed by atoms with van der Waals surface area (Å²) in [6, 6.07) is 18.5. The number of amides is 1. The largest absolute Gasteiger partial charge is 0.493 e. The first-order valence-electron chi connectivity index (χ1n) is 12.4. The lowest BCUT2D eigenvalue weighted by molar-refractivity contribution is 0.0951. The fourth-order valence-corrected chi connectivity index (χ4v) is 5.50. The number of rotatable bonds is 12. The Hall–Kier alpha value is -4.02. The van der Waals surface area contributed by atoms with Gasteiger partial charge in [-0.25, -0.2) is 17.2 Å². The Balaban J connectivity index is 1.45. The van der Waals surface area contributed by atoms with E-state index in [1.807, 2.05) is 0 Å². The summed E-state index contributed by atoms with van der Waals surface area (Å²) in [6.07, 6.45) is 3.74. The van der Waals surface area contributed by atoms with Gasteiger partial charge in [0.25, 0.3) is 15.9 Å². The van der Waals surface area contributed by atoms with E-state index in [1.165, 1.54) is 30.5 Å². The second-order valence-electron chi connectivity index (χ2n) is 8.68. The fourth-order valence-electron chi connectivity index (χ4n) is 3.91. The van der Waals surface area contributed by atoms with Crippen LogP contribution in [0.1, 0.15) is 22.3 Å². The summed E-state index contributed by atoms with van der Waals surface area (Å²) in [5, 5.41) is 3.13. The van der Waals surface area contributed by atoms with Gasteiger partial charge in [-0.2, -0.15) is 0 Å². The van der Waals surface area contributed by atoms with Crippen LogP contribution in [0.4, 0.5) is 14.5 Å². The van der Waals surface area contributed by atoms with E-state index in [0.29, 0.717) is 34.9 Å². The summed E-state index contributed by atoms with van der Waals surface area (Å²) in [4.78, 5) is 16.0. The van der Waals surface area contributed by atoms with Gasteiger partial charge in [0.15, 0.2) is 0 Å². The molecule has 11 heteroatoms. The van der Waals surface area contributed by atoms with Crippen LogP contribution in [0.5, 0.6) is 5.75 Å². The van der Waals surface area contributed by atoms with Crippen molar-refractivity contribution in [3.63, 3.8) is 0 Å². The summed E-state index contributed by atoms with van der Waals surface area (Å²) in [7, 11) is -4.27. The minimum atomic E-state index is -4.27. The molecule has 1 heterocycles. The predicted molar refractivity (Wildman–Crippen MR) is 149 cm³/mol. The first kappa shape index (κ1) is 29.0. The summed E-state index contributed by atoms with van der Waals surface area (Å²) in [6.45, 7) is 0.477. The van der Waals surface area contributed by atoms with Crippen LogP contribution in [-0.2, 0) is 16.4 Å². The molecular weight excluding hydrogens is 560 g/mol. The quantitative estimate of drug-likeness (QED) is 0.217. The van der Waals surface area contributed by atoms with Crippen LogP contribution in [0.25, 0.3) is 0 Å². The molecule has 3 aromatic carbocycles. The van der Waals surface area contributed by atoms with Crippen LogP contribution in [0, 0.1) is 11.6 Å². The molecule has 0 aliphatic rings. The van der Waals surface area contributed by atoms with Gasteiger partial charge in [0, 0.05) is 36.6 Å². The third-order valence-corrected chi connectivity index (χ3v) is 8.00. The number of benzene rings is 3. The lowest BCUT2D eigenvalue weighted by Gasteiger charge is -2.25. The van der Waals surface area contributed by atoms with E-state index in [1.54, 1.807) is 42.6 Å². The molecule has 4 aromatic rings. The van der Waals surface area contributed by atoms with Crippen molar-refractivity contribution in [1.82, 2.24) is 10.3 Å². The van der Waals surface area contributed by atoms with Gasteiger partial charge in [0.05, 0.1) is 22.8 Å². The van der Waals surface area contributed by atoms with Crippen molar-refractivity contribution in [1.29, 1.82) is 0 Å². The molecule has 0 saturated heterocycles. The van der Waals surface area contributed by atoms with Crippen molar-refractivity contribution < 1.29 is 26.7 Å². The third-order valence-electron chi connectivity index (χ3n) is 5.92. The zero-order valence-corrected chi connectivity index (χ0v) is 22.8. The van der Waals surface area contributed by atoms with Crippen LogP contribution in [-0.4, -0.2) is 39.0 Å². The predicted octanol–water partition coefficient (Wildman–Crippen LogP) is 5.65. The lowest BCUT2D eigenvalue weighted by atomic mass is 10.1. The van der Waals surface area contributed by atoms with E-state index in [9.17, 15) is 22.0 Å². The molecule has 0 aliphatic carbocycles. The van der Waals surface area contributed by atoms with E-state index >= 15 is 0 Å². The number of hydrogen-bond donors (Lipinski definition) is 1. The monoisotopic (exact) mass is 585 g/mol. The number of carbonyl (C=O) groups is 1. The van der Waals surface area contributed by atoms with Crippen LogP contribution in [0.2, 0.25) is 5.02 Å². The van der Waals surface area contributed by atoms with Gasteiger partial charge in [0.1, 0.15) is 17.4 Å². The Morgan fingerprint density at radius 2 is 1.77 bits per heavy atom. The number of carbonyl (C=O) groups excluding carboxylic acids is 1. The van der Waals surface area contributed by atoms with E-state index in [4.69, 9.17) is 16.3 Å². The van der Waals surface area contributed by atoms with Crippen molar-refractivity contribution in [3.8, 4) is 5.75 Å². The number of nitrogens with zero attached hydrogens (tertiary/aromatic N) is 2. The van der Waals surface area contributed by atoms with Crippen LogP contribution in [0.3, 0.4) is 0 Å². The summed E-state index contributed by atoms with van der Waals surface area (Å²) < 4.78 is 62.7. The van der Waals surface area contributed by atoms with Gasteiger partial charge >= 0.3 is 0 Å². The first-order valence-corrected chi connectivity index (χ1v) is 14.2.